The van der Waals surface area contributed by atoms with Crippen LogP contribution in [0.15, 0.2) is 40.3 Å². The molecule has 0 unspecified atom stereocenters. The molecule has 4 atom stereocenters. The van der Waals surface area contributed by atoms with Crippen LogP contribution in [0.4, 0.5) is 0 Å². The third-order valence-electron chi connectivity index (χ3n) is 8.36. The molecule has 2 fully saturated rings. The zero-order valence-electron chi connectivity index (χ0n) is 18.9. The molecule has 0 spiro atoms. The summed E-state index contributed by atoms with van der Waals surface area (Å²) in [7, 11) is 1.56. The topological polar surface area (TPSA) is 47.9 Å². The van der Waals surface area contributed by atoms with Crippen molar-refractivity contribution < 1.29 is 14.3 Å². The molecule has 0 radical (unpaired) electrons. The van der Waals surface area contributed by atoms with Gasteiger partial charge in [-0.2, -0.15) is 0 Å². The molecule has 158 valence electrons. The summed E-state index contributed by atoms with van der Waals surface area (Å²) in [4.78, 5) is 18.0. The summed E-state index contributed by atoms with van der Waals surface area (Å²) in [5, 5.41) is 0. The highest BCUT2D eigenvalue weighted by atomic mass is 16.5. The van der Waals surface area contributed by atoms with E-state index in [-0.39, 0.29) is 16.6 Å². The summed E-state index contributed by atoms with van der Waals surface area (Å²) in [6, 6.07) is 0. The maximum atomic E-state index is 13.3. The number of ether oxygens (including phenoxy) is 2. The number of carbonyl (C=O) groups is 1. The van der Waals surface area contributed by atoms with Gasteiger partial charge in [-0.25, -0.2) is 4.99 Å². The van der Waals surface area contributed by atoms with Crippen molar-refractivity contribution in [1.29, 1.82) is 0 Å². The van der Waals surface area contributed by atoms with Gasteiger partial charge in [0.15, 0.2) is 17.2 Å². The van der Waals surface area contributed by atoms with Gasteiger partial charge >= 0.3 is 0 Å². The zero-order chi connectivity index (χ0) is 21.2. The fraction of sp³-hybridized carbons (Fsp3) is 0.680. The van der Waals surface area contributed by atoms with Crippen LogP contribution in [0.25, 0.3) is 0 Å². The fourth-order valence-electron chi connectivity index (χ4n) is 6.38. The number of ketones is 1. The number of allylic oxidation sites excluding steroid dienone is 3. The SMILES string of the molecule is C=C1CCC[C@H]2[C@](C)(CC3=C4OC(C)(C)N=C4C=C(OC)C3=O)[C@@H](C)CC[C@@]12C. The molecule has 4 rings (SSSR count). The quantitative estimate of drug-likeness (QED) is 0.450. The van der Waals surface area contributed by atoms with Crippen molar-refractivity contribution in [3.63, 3.8) is 0 Å². The van der Waals surface area contributed by atoms with Crippen LogP contribution in [0.2, 0.25) is 0 Å². The first-order valence-corrected chi connectivity index (χ1v) is 11.0. The lowest BCUT2D eigenvalue weighted by atomic mass is 9.46. The van der Waals surface area contributed by atoms with E-state index >= 15 is 0 Å². The molecule has 29 heavy (non-hydrogen) atoms. The van der Waals surface area contributed by atoms with Crippen LogP contribution in [-0.2, 0) is 14.3 Å². The second-order valence-corrected chi connectivity index (χ2v) is 10.5. The van der Waals surface area contributed by atoms with Gasteiger partial charge in [0.1, 0.15) is 5.71 Å². The third kappa shape index (κ3) is 3.02. The van der Waals surface area contributed by atoms with Gasteiger partial charge in [-0.15, -0.1) is 0 Å². The lowest BCUT2D eigenvalue weighted by Crippen LogP contribution is -2.50. The van der Waals surface area contributed by atoms with Crippen LogP contribution in [0.3, 0.4) is 0 Å². The number of hydrogen-bond acceptors (Lipinski definition) is 4. The lowest BCUT2D eigenvalue weighted by molar-refractivity contribution is -0.116. The van der Waals surface area contributed by atoms with E-state index in [4.69, 9.17) is 9.47 Å². The van der Waals surface area contributed by atoms with Crippen LogP contribution >= 0.6 is 0 Å². The summed E-state index contributed by atoms with van der Waals surface area (Å²) >= 11 is 0. The van der Waals surface area contributed by atoms with Gasteiger partial charge in [-0.3, -0.25) is 4.79 Å². The normalized spacial score (nSPS) is 38.7. The van der Waals surface area contributed by atoms with Gasteiger partial charge < -0.3 is 9.47 Å². The molecule has 0 aromatic rings. The Balaban J connectivity index is 1.77. The van der Waals surface area contributed by atoms with Crippen molar-refractivity contribution in [1.82, 2.24) is 0 Å². The van der Waals surface area contributed by atoms with Crippen LogP contribution in [0.5, 0.6) is 0 Å². The van der Waals surface area contributed by atoms with E-state index in [1.807, 2.05) is 13.8 Å². The van der Waals surface area contributed by atoms with Crippen LogP contribution in [-0.4, -0.2) is 24.3 Å². The monoisotopic (exact) mass is 397 g/mol. The lowest BCUT2D eigenvalue weighted by Gasteiger charge is -2.59. The Hall–Kier alpha value is -1.84. The van der Waals surface area contributed by atoms with Crippen molar-refractivity contribution in [3.8, 4) is 0 Å². The van der Waals surface area contributed by atoms with E-state index in [1.54, 1.807) is 13.2 Å². The number of Topliss-reactive ketones (excluding diaryl/α,β-unsaturated/α-hetero) is 1. The van der Waals surface area contributed by atoms with Gasteiger partial charge in [0.25, 0.3) is 0 Å². The van der Waals surface area contributed by atoms with Crippen molar-refractivity contribution >= 4 is 11.5 Å². The molecule has 0 saturated heterocycles. The van der Waals surface area contributed by atoms with Crippen LogP contribution in [0.1, 0.15) is 73.1 Å². The molecular weight excluding hydrogens is 362 g/mol. The molecule has 3 aliphatic carbocycles. The predicted octanol–water partition coefficient (Wildman–Crippen LogP) is 5.75. The molecular formula is C25H35NO3. The fourth-order valence-corrected chi connectivity index (χ4v) is 6.38. The maximum Gasteiger partial charge on any atom is 0.227 e. The molecule has 0 aromatic carbocycles. The minimum atomic E-state index is -0.650. The molecule has 0 aromatic heterocycles. The summed E-state index contributed by atoms with van der Waals surface area (Å²) in [5.74, 6) is 2.03. The first-order valence-electron chi connectivity index (χ1n) is 11.0. The Morgan fingerprint density at radius 1 is 1.28 bits per heavy atom. The average Bonchev–Trinajstić information content (AvgIpc) is 2.97. The number of fused-ring (bicyclic) bond motifs is 2. The highest BCUT2D eigenvalue weighted by Gasteiger charge is 2.55. The van der Waals surface area contributed by atoms with Crippen LogP contribution in [0, 0.1) is 22.7 Å². The van der Waals surface area contributed by atoms with Gasteiger partial charge in [0.2, 0.25) is 5.78 Å². The number of aliphatic imine (C=N–C) groups is 1. The van der Waals surface area contributed by atoms with E-state index in [0.717, 1.165) is 17.7 Å². The van der Waals surface area contributed by atoms with Gasteiger partial charge in [-0.05, 0) is 75.0 Å². The smallest absolute Gasteiger partial charge is 0.227 e. The molecule has 4 aliphatic rings. The third-order valence-corrected chi connectivity index (χ3v) is 8.36. The van der Waals surface area contributed by atoms with Crippen molar-refractivity contribution in [2.24, 2.45) is 27.7 Å². The summed E-state index contributed by atoms with van der Waals surface area (Å²) in [6.45, 7) is 15.5. The van der Waals surface area contributed by atoms with E-state index in [9.17, 15) is 4.79 Å². The first kappa shape index (κ1) is 20.4. The van der Waals surface area contributed by atoms with Gasteiger partial charge in [0, 0.05) is 11.6 Å². The Morgan fingerprint density at radius 3 is 2.69 bits per heavy atom. The highest BCUT2D eigenvalue weighted by molar-refractivity contribution is 6.23. The molecule has 1 heterocycles. The first-order chi connectivity index (χ1) is 13.5. The standard InChI is InChI=1S/C25H35NO3/c1-15-9-8-10-20-24(15,5)12-11-16(2)25(20,6)14-17-21(27)19(28-7)13-18-22(17)29-23(3,4)26-18/h13,16,20H,1,8-12,14H2,2-7H3/t16-,20+,24-,25+/m0/s1. The Morgan fingerprint density at radius 2 is 2.00 bits per heavy atom. The largest absolute Gasteiger partial charge is 0.493 e. The number of methoxy groups -OCH3 is 1. The molecule has 0 amide bonds. The number of nitrogens with zero attached hydrogens (tertiary/aromatic N) is 1. The second-order valence-electron chi connectivity index (χ2n) is 10.5. The minimum absolute atomic E-state index is 0.00570. The molecule has 4 heteroatoms. The van der Waals surface area contributed by atoms with E-state index < -0.39 is 5.72 Å². The Labute approximate surface area is 175 Å². The maximum absolute atomic E-state index is 13.3. The van der Waals surface area contributed by atoms with E-state index in [2.05, 4.69) is 32.3 Å². The van der Waals surface area contributed by atoms with Crippen molar-refractivity contribution in [3.05, 3.63) is 35.3 Å². The number of carbonyl (C=O) groups excluding carboxylic acids is 1. The highest BCUT2D eigenvalue weighted by Crippen LogP contribution is 2.63. The average molecular weight is 398 g/mol. The molecule has 4 nitrogen and oxygen atoms in total. The van der Waals surface area contributed by atoms with Gasteiger partial charge in [0.05, 0.1) is 7.11 Å². The summed E-state index contributed by atoms with van der Waals surface area (Å²) < 4.78 is 11.6. The number of hydrogen-bond donors (Lipinski definition) is 0. The summed E-state index contributed by atoms with van der Waals surface area (Å²) in [6.07, 6.45) is 8.33. The molecule has 0 bridgehead atoms. The van der Waals surface area contributed by atoms with E-state index in [0.29, 0.717) is 29.8 Å². The van der Waals surface area contributed by atoms with E-state index in [1.165, 1.54) is 31.3 Å². The summed E-state index contributed by atoms with van der Waals surface area (Å²) in [5.41, 5.74) is 2.40. The van der Waals surface area contributed by atoms with Crippen molar-refractivity contribution in [2.75, 3.05) is 7.11 Å². The zero-order valence-corrected chi connectivity index (χ0v) is 18.9. The molecule has 1 aliphatic heterocycles. The second kappa shape index (κ2) is 6.58. The van der Waals surface area contributed by atoms with Crippen LogP contribution < -0.4 is 0 Å². The Kier molecular flexibility index (Phi) is 4.64. The van der Waals surface area contributed by atoms with Crippen molar-refractivity contribution in [2.45, 2.75) is 78.9 Å². The molecule has 0 N–H and O–H groups in total. The molecule has 2 saturated carbocycles. The van der Waals surface area contributed by atoms with Gasteiger partial charge in [-0.1, -0.05) is 32.9 Å². The minimum Gasteiger partial charge on any atom is -0.493 e. The number of rotatable bonds is 3. The predicted molar refractivity (Wildman–Crippen MR) is 115 cm³/mol. The Bertz CT molecular complexity index is 861.